The standard InChI is InChI=1S/C15H19NO4S/c1-5-19-13(17)6-10-7-16(12-9-21-8-11(10)12)14(18)20-15(2,3)4/h7-9H,5-6H2,1-4H3. The summed E-state index contributed by atoms with van der Waals surface area (Å²) in [6.45, 7) is 7.57. The Labute approximate surface area is 127 Å². The Hall–Kier alpha value is -1.82. The summed E-state index contributed by atoms with van der Waals surface area (Å²) in [6.07, 6.45) is 1.36. The zero-order valence-corrected chi connectivity index (χ0v) is 13.5. The van der Waals surface area contributed by atoms with Crippen molar-refractivity contribution in [3.05, 3.63) is 22.5 Å². The number of hydrogen-bond donors (Lipinski definition) is 0. The van der Waals surface area contributed by atoms with Crippen LogP contribution in [0.15, 0.2) is 17.0 Å². The molecule has 0 aromatic carbocycles. The molecule has 21 heavy (non-hydrogen) atoms. The first-order chi connectivity index (χ1) is 9.81. The van der Waals surface area contributed by atoms with Crippen LogP contribution in [0, 0.1) is 0 Å². The van der Waals surface area contributed by atoms with E-state index in [0.717, 1.165) is 16.5 Å². The summed E-state index contributed by atoms with van der Waals surface area (Å²) in [4.78, 5) is 23.9. The molecule has 0 bridgehead atoms. The van der Waals surface area contributed by atoms with E-state index in [0.29, 0.717) is 6.61 Å². The highest BCUT2D eigenvalue weighted by Gasteiger charge is 2.22. The van der Waals surface area contributed by atoms with E-state index in [1.54, 1.807) is 13.1 Å². The molecule has 0 aliphatic rings. The molecule has 0 aliphatic carbocycles. The number of fused-ring (bicyclic) bond motifs is 1. The van der Waals surface area contributed by atoms with Crippen LogP contribution < -0.4 is 0 Å². The van der Waals surface area contributed by atoms with Crippen LogP contribution >= 0.6 is 11.3 Å². The van der Waals surface area contributed by atoms with Gasteiger partial charge in [0.25, 0.3) is 0 Å². The zero-order chi connectivity index (χ0) is 15.6. The second-order valence-electron chi connectivity index (χ2n) is 5.66. The number of ether oxygens (including phenoxy) is 2. The van der Waals surface area contributed by atoms with Crippen molar-refractivity contribution in [3.63, 3.8) is 0 Å². The van der Waals surface area contributed by atoms with Gasteiger partial charge in [0.15, 0.2) is 0 Å². The number of esters is 1. The fraction of sp³-hybridized carbons (Fsp3) is 0.467. The summed E-state index contributed by atoms with van der Waals surface area (Å²) in [7, 11) is 0. The summed E-state index contributed by atoms with van der Waals surface area (Å²) in [5.41, 5.74) is 0.967. The number of aromatic nitrogens is 1. The van der Waals surface area contributed by atoms with Gasteiger partial charge in [-0.05, 0) is 33.3 Å². The van der Waals surface area contributed by atoms with Crippen molar-refractivity contribution in [2.75, 3.05) is 6.61 Å². The van der Waals surface area contributed by atoms with Crippen LogP contribution in [-0.2, 0) is 20.7 Å². The molecule has 0 saturated carbocycles. The predicted molar refractivity (Wildman–Crippen MR) is 81.8 cm³/mol. The average Bonchev–Trinajstić information content (AvgIpc) is 2.90. The van der Waals surface area contributed by atoms with Gasteiger partial charge in [-0.1, -0.05) is 0 Å². The summed E-state index contributed by atoms with van der Waals surface area (Å²) in [5.74, 6) is -0.299. The molecule has 0 amide bonds. The van der Waals surface area contributed by atoms with E-state index in [9.17, 15) is 9.59 Å². The molecule has 0 N–H and O–H groups in total. The van der Waals surface area contributed by atoms with Gasteiger partial charge in [0, 0.05) is 22.3 Å². The van der Waals surface area contributed by atoms with Crippen LogP contribution in [0.5, 0.6) is 0 Å². The lowest BCUT2D eigenvalue weighted by Gasteiger charge is -2.19. The minimum atomic E-state index is -0.564. The Bertz CT molecular complexity index is 663. The lowest BCUT2D eigenvalue weighted by molar-refractivity contribution is -0.142. The molecule has 114 valence electrons. The van der Waals surface area contributed by atoms with Crippen molar-refractivity contribution >= 4 is 34.3 Å². The van der Waals surface area contributed by atoms with E-state index in [1.807, 2.05) is 31.5 Å². The third-order valence-electron chi connectivity index (χ3n) is 2.76. The maximum Gasteiger partial charge on any atom is 0.419 e. The normalized spacial score (nSPS) is 11.6. The first-order valence-corrected chi connectivity index (χ1v) is 7.71. The quantitative estimate of drug-likeness (QED) is 0.813. The lowest BCUT2D eigenvalue weighted by Crippen LogP contribution is -2.26. The molecule has 6 heteroatoms. The lowest BCUT2D eigenvalue weighted by atomic mass is 10.2. The Morgan fingerprint density at radius 3 is 2.62 bits per heavy atom. The third kappa shape index (κ3) is 3.64. The second kappa shape index (κ2) is 5.89. The van der Waals surface area contributed by atoms with Crippen LogP contribution in [0.4, 0.5) is 4.79 Å². The summed E-state index contributed by atoms with van der Waals surface area (Å²) in [5, 5.41) is 4.68. The van der Waals surface area contributed by atoms with E-state index in [-0.39, 0.29) is 12.4 Å². The van der Waals surface area contributed by atoms with Crippen molar-refractivity contribution in [2.24, 2.45) is 0 Å². The molecular weight excluding hydrogens is 290 g/mol. The zero-order valence-electron chi connectivity index (χ0n) is 12.6. The Morgan fingerprint density at radius 2 is 2.00 bits per heavy atom. The van der Waals surface area contributed by atoms with E-state index < -0.39 is 11.7 Å². The fourth-order valence-electron chi connectivity index (χ4n) is 1.98. The van der Waals surface area contributed by atoms with Crippen LogP contribution in [0.3, 0.4) is 0 Å². The minimum absolute atomic E-state index is 0.150. The summed E-state index contributed by atoms with van der Waals surface area (Å²) in [6, 6.07) is 0. The first kappa shape index (κ1) is 15.6. The Balaban J connectivity index is 2.31. The molecule has 0 radical (unpaired) electrons. The van der Waals surface area contributed by atoms with Crippen molar-refractivity contribution in [1.29, 1.82) is 0 Å². The molecule has 0 unspecified atom stereocenters. The molecule has 0 aliphatic heterocycles. The van der Waals surface area contributed by atoms with Gasteiger partial charge in [0.05, 0.1) is 18.5 Å². The van der Waals surface area contributed by atoms with E-state index in [2.05, 4.69) is 0 Å². The number of nitrogens with zero attached hydrogens (tertiary/aromatic N) is 1. The molecule has 2 aromatic rings. The van der Waals surface area contributed by atoms with Gasteiger partial charge >= 0.3 is 12.1 Å². The molecule has 0 fully saturated rings. The Morgan fingerprint density at radius 1 is 1.29 bits per heavy atom. The smallest absolute Gasteiger partial charge is 0.419 e. The van der Waals surface area contributed by atoms with Crippen LogP contribution in [0.25, 0.3) is 10.9 Å². The number of rotatable bonds is 3. The Kier molecular flexibility index (Phi) is 4.37. The molecule has 0 saturated heterocycles. The fourth-order valence-corrected chi connectivity index (χ4v) is 2.83. The van der Waals surface area contributed by atoms with Crippen molar-refractivity contribution in [3.8, 4) is 0 Å². The van der Waals surface area contributed by atoms with E-state index >= 15 is 0 Å². The molecule has 5 nitrogen and oxygen atoms in total. The van der Waals surface area contributed by atoms with Gasteiger partial charge in [-0.2, -0.15) is 0 Å². The minimum Gasteiger partial charge on any atom is -0.466 e. The molecule has 2 heterocycles. The van der Waals surface area contributed by atoms with Crippen molar-refractivity contribution in [2.45, 2.75) is 39.7 Å². The SMILES string of the molecule is CCOC(=O)Cc1cn(C(=O)OC(C)(C)C)c2cscc12. The third-order valence-corrected chi connectivity index (χ3v) is 3.49. The monoisotopic (exact) mass is 309 g/mol. The van der Waals surface area contributed by atoms with Gasteiger partial charge in [-0.3, -0.25) is 9.36 Å². The molecular formula is C15H19NO4S. The molecule has 2 rings (SSSR count). The number of carbonyl (C=O) groups excluding carboxylic acids is 2. The highest BCUT2D eigenvalue weighted by Crippen LogP contribution is 2.27. The first-order valence-electron chi connectivity index (χ1n) is 6.77. The molecule has 0 spiro atoms. The van der Waals surface area contributed by atoms with E-state index in [1.165, 1.54) is 15.9 Å². The van der Waals surface area contributed by atoms with E-state index in [4.69, 9.17) is 9.47 Å². The number of carbonyl (C=O) groups is 2. The van der Waals surface area contributed by atoms with Gasteiger partial charge in [0.2, 0.25) is 0 Å². The summed E-state index contributed by atoms with van der Waals surface area (Å²) < 4.78 is 11.8. The number of hydrogen-bond acceptors (Lipinski definition) is 5. The van der Waals surface area contributed by atoms with Crippen molar-refractivity contribution < 1.29 is 19.1 Å². The topological polar surface area (TPSA) is 57.5 Å². The number of thiophene rings is 1. The van der Waals surface area contributed by atoms with Gasteiger partial charge in [-0.15, -0.1) is 11.3 Å². The van der Waals surface area contributed by atoms with Gasteiger partial charge in [-0.25, -0.2) is 4.79 Å². The van der Waals surface area contributed by atoms with Crippen LogP contribution in [-0.4, -0.2) is 28.8 Å². The predicted octanol–water partition coefficient (Wildman–Crippen LogP) is 3.59. The van der Waals surface area contributed by atoms with Gasteiger partial charge < -0.3 is 9.47 Å². The maximum atomic E-state index is 12.2. The molecule has 0 atom stereocenters. The van der Waals surface area contributed by atoms with Crippen LogP contribution in [0.2, 0.25) is 0 Å². The average molecular weight is 309 g/mol. The second-order valence-corrected chi connectivity index (χ2v) is 6.40. The highest BCUT2D eigenvalue weighted by molar-refractivity contribution is 7.09. The van der Waals surface area contributed by atoms with Gasteiger partial charge in [0.1, 0.15) is 5.60 Å². The summed E-state index contributed by atoms with van der Waals surface area (Å²) >= 11 is 1.48. The van der Waals surface area contributed by atoms with Crippen molar-refractivity contribution in [1.82, 2.24) is 4.57 Å². The largest absolute Gasteiger partial charge is 0.466 e. The maximum absolute atomic E-state index is 12.2. The highest BCUT2D eigenvalue weighted by atomic mass is 32.1. The van der Waals surface area contributed by atoms with Crippen LogP contribution in [0.1, 0.15) is 33.3 Å². The molecule has 2 aromatic heterocycles.